The second kappa shape index (κ2) is 1.93. The quantitative estimate of drug-likeness (QED) is 0.529. The zero-order valence-electron chi connectivity index (χ0n) is 5.44. The highest BCUT2D eigenvalue weighted by molar-refractivity contribution is 5.09. The highest BCUT2D eigenvalue weighted by atomic mass is 15.7. The molecule has 0 radical (unpaired) electrons. The van der Waals surface area contributed by atoms with Gasteiger partial charge in [0.25, 0.3) is 0 Å². The Balaban J connectivity index is 2.85. The van der Waals surface area contributed by atoms with Gasteiger partial charge >= 0.3 is 0 Å². The number of nitrogens with two attached hydrogens (primary N) is 1. The average molecular weight is 127 g/mol. The molecule has 0 aromatic carbocycles. The molecule has 5 nitrogen and oxygen atoms in total. The third-order valence-corrected chi connectivity index (χ3v) is 0.908. The first-order valence-corrected chi connectivity index (χ1v) is 2.55. The van der Waals surface area contributed by atoms with Crippen molar-refractivity contribution in [3.8, 4) is 0 Å². The molecule has 1 aromatic rings. The van der Waals surface area contributed by atoms with E-state index in [1.807, 2.05) is 14.1 Å². The summed E-state index contributed by atoms with van der Waals surface area (Å²) < 4.78 is 0. The predicted octanol–water partition coefficient (Wildman–Crippen LogP) is -0.942. The molecule has 5 heteroatoms. The first kappa shape index (κ1) is 5.87. The maximum absolute atomic E-state index is 5.25. The van der Waals surface area contributed by atoms with Gasteiger partial charge in [-0.1, -0.05) is 0 Å². The van der Waals surface area contributed by atoms with Crippen molar-refractivity contribution in [2.24, 2.45) is 0 Å². The molecule has 0 atom stereocenters. The Hall–Kier alpha value is -1.26. The van der Waals surface area contributed by atoms with E-state index in [0.29, 0.717) is 5.95 Å². The van der Waals surface area contributed by atoms with Gasteiger partial charge in [-0.05, 0) is 0 Å². The fourth-order valence-electron chi connectivity index (χ4n) is 0.460. The van der Waals surface area contributed by atoms with Crippen LogP contribution in [-0.4, -0.2) is 29.0 Å². The van der Waals surface area contributed by atoms with Crippen molar-refractivity contribution in [2.45, 2.75) is 0 Å². The predicted molar refractivity (Wildman–Crippen MR) is 34.5 cm³/mol. The van der Waals surface area contributed by atoms with E-state index < -0.39 is 0 Å². The smallest absolute Gasteiger partial charge is 0.241 e. The lowest BCUT2D eigenvalue weighted by Gasteiger charge is -2.08. The van der Waals surface area contributed by atoms with Crippen molar-refractivity contribution < 1.29 is 0 Å². The summed E-state index contributed by atoms with van der Waals surface area (Å²) in [6.07, 6.45) is 1.55. The average Bonchev–Trinajstić information content (AvgIpc) is 2.14. The van der Waals surface area contributed by atoms with Gasteiger partial charge in [-0.2, -0.15) is 9.77 Å². The molecule has 50 valence electrons. The van der Waals surface area contributed by atoms with Crippen LogP contribution in [0.1, 0.15) is 0 Å². The number of anilines is 1. The van der Waals surface area contributed by atoms with Gasteiger partial charge in [0.2, 0.25) is 5.95 Å². The SMILES string of the molecule is CN(C)n1cnc(N)n1. The summed E-state index contributed by atoms with van der Waals surface area (Å²) in [6, 6.07) is 0. The zero-order chi connectivity index (χ0) is 6.85. The molecule has 0 bridgehead atoms. The molecular weight excluding hydrogens is 118 g/mol. The Bertz CT molecular complexity index is 191. The van der Waals surface area contributed by atoms with E-state index >= 15 is 0 Å². The van der Waals surface area contributed by atoms with Gasteiger partial charge in [-0.25, -0.2) is 0 Å². The second-order valence-corrected chi connectivity index (χ2v) is 1.87. The van der Waals surface area contributed by atoms with E-state index in [9.17, 15) is 0 Å². The number of rotatable bonds is 1. The fraction of sp³-hybridized carbons (Fsp3) is 0.500. The largest absolute Gasteiger partial charge is 0.366 e. The fourth-order valence-corrected chi connectivity index (χ4v) is 0.460. The number of hydrogen-bond acceptors (Lipinski definition) is 4. The van der Waals surface area contributed by atoms with Crippen molar-refractivity contribution in [2.75, 3.05) is 24.8 Å². The molecule has 9 heavy (non-hydrogen) atoms. The summed E-state index contributed by atoms with van der Waals surface area (Å²) in [7, 11) is 3.71. The van der Waals surface area contributed by atoms with Crippen molar-refractivity contribution in [1.29, 1.82) is 0 Å². The minimum absolute atomic E-state index is 0.295. The minimum Gasteiger partial charge on any atom is -0.366 e. The van der Waals surface area contributed by atoms with Gasteiger partial charge in [0.15, 0.2) is 0 Å². The molecule has 1 rings (SSSR count). The van der Waals surface area contributed by atoms with Crippen molar-refractivity contribution in [3.05, 3.63) is 6.33 Å². The van der Waals surface area contributed by atoms with Crippen molar-refractivity contribution in [3.63, 3.8) is 0 Å². The van der Waals surface area contributed by atoms with E-state index in [1.165, 1.54) is 0 Å². The molecule has 0 fully saturated rings. The van der Waals surface area contributed by atoms with E-state index in [-0.39, 0.29) is 0 Å². The lowest BCUT2D eigenvalue weighted by Crippen LogP contribution is -2.25. The third-order valence-electron chi connectivity index (χ3n) is 0.908. The van der Waals surface area contributed by atoms with Gasteiger partial charge in [-0.3, -0.25) is 0 Å². The Kier molecular flexibility index (Phi) is 1.26. The number of nitrogen functional groups attached to an aromatic ring is 1. The second-order valence-electron chi connectivity index (χ2n) is 1.87. The Morgan fingerprint density at radius 3 is 2.56 bits per heavy atom. The van der Waals surface area contributed by atoms with Gasteiger partial charge < -0.3 is 10.7 Å². The number of aromatic nitrogens is 3. The van der Waals surface area contributed by atoms with Crippen LogP contribution < -0.4 is 10.7 Å². The number of hydrogen-bond donors (Lipinski definition) is 1. The molecule has 0 aliphatic heterocycles. The summed E-state index contributed by atoms with van der Waals surface area (Å²) in [5, 5.41) is 5.59. The first-order valence-electron chi connectivity index (χ1n) is 2.55. The lowest BCUT2D eigenvalue weighted by molar-refractivity contribution is 0.639. The number of nitrogens with zero attached hydrogens (tertiary/aromatic N) is 4. The van der Waals surface area contributed by atoms with Crippen molar-refractivity contribution >= 4 is 5.95 Å². The normalized spacial score (nSPS) is 9.56. The summed E-state index contributed by atoms with van der Waals surface area (Å²) >= 11 is 0. The van der Waals surface area contributed by atoms with E-state index in [0.717, 1.165) is 0 Å². The van der Waals surface area contributed by atoms with Gasteiger partial charge in [0, 0.05) is 14.1 Å². The van der Waals surface area contributed by atoms with Crippen LogP contribution in [0.2, 0.25) is 0 Å². The molecule has 0 unspecified atom stereocenters. The Morgan fingerprint density at radius 1 is 1.67 bits per heavy atom. The van der Waals surface area contributed by atoms with Gasteiger partial charge in [-0.15, -0.1) is 5.10 Å². The minimum atomic E-state index is 0.295. The van der Waals surface area contributed by atoms with E-state index in [2.05, 4.69) is 10.1 Å². The van der Waals surface area contributed by atoms with Crippen LogP contribution in [0.25, 0.3) is 0 Å². The van der Waals surface area contributed by atoms with Crippen LogP contribution in [0, 0.1) is 0 Å². The standard InChI is InChI=1S/C4H9N5/c1-8(2)9-3-6-4(5)7-9/h3H,1-2H3,(H2,5,7). The summed E-state index contributed by atoms with van der Waals surface area (Å²) in [5.41, 5.74) is 5.25. The lowest BCUT2D eigenvalue weighted by atomic mass is 11.1. The van der Waals surface area contributed by atoms with Crippen LogP contribution in [0.4, 0.5) is 5.95 Å². The van der Waals surface area contributed by atoms with E-state index in [4.69, 9.17) is 5.73 Å². The summed E-state index contributed by atoms with van der Waals surface area (Å²) in [5.74, 6) is 0.295. The van der Waals surface area contributed by atoms with Crippen molar-refractivity contribution in [1.82, 2.24) is 14.9 Å². The molecule has 0 aliphatic carbocycles. The molecule has 2 N–H and O–H groups in total. The van der Waals surface area contributed by atoms with Crippen LogP contribution in [0.15, 0.2) is 6.33 Å². The highest BCUT2D eigenvalue weighted by Crippen LogP contribution is 1.86. The zero-order valence-corrected chi connectivity index (χ0v) is 5.44. The Morgan fingerprint density at radius 2 is 2.33 bits per heavy atom. The van der Waals surface area contributed by atoms with Crippen LogP contribution in [-0.2, 0) is 0 Å². The maximum atomic E-state index is 5.25. The Labute approximate surface area is 53.1 Å². The van der Waals surface area contributed by atoms with Gasteiger partial charge in [0.1, 0.15) is 6.33 Å². The molecule has 0 saturated carbocycles. The third kappa shape index (κ3) is 1.10. The highest BCUT2D eigenvalue weighted by Gasteiger charge is 1.93. The molecule has 0 spiro atoms. The molecule has 0 saturated heterocycles. The molecule has 1 heterocycles. The van der Waals surface area contributed by atoms with Crippen LogP contribution >= 0.6 is 0 Å². The summed E-state index contributed by atoms with van der Waals surface area (Å²) in [6.45, 7) is 0. The first-order chi connectivity index (χ1) is 4.20. The van der Waals surface area contributed by atoms with Crippen LogP contribution in [0.3, 0.4) is 0 Å². The molecular formula is C4H9N5. The molecule has 0 amide bonds. The topological polar surface area (TPSA) is 60.0 Å². The molecule has 0 aliphatic rings. The van der Waals surface area contributed by atoms with E-state index in [1.54, 1.807) is 16.1 Å². The monoisotopic (exact) mass is 127 g/mol. The van der Waals surface area contributed by atoms with Crippen LogP contribution in [0.5, 0.6) is 0 Å². The maximum Gasteiger partial charge on any atom is 0.241 e. The molecule has 1 aromatic heterocycles. The van der Waals surface area contributed by atoms with Gasteiger partial charge in [0.05, 0.1) is 0 Å². The summed E-state index contributed by atoms with van der Waals surface area (Å²) in [4.78, 5) is 5.28.